The molecule has 1 aliphatic rings. The molecule has 3 rings (SSSR count). The van der Waals surface area contributed by atoms with Gasteiger partial charge in [0.05, 0.1) is 24.3 Å². The van der Waals surface area contributed by atoms with Crippen molar-refractivity contribution in [3.05, 3.63) is 36.0 Å². The summed E-state index contributed by atoms with van der Waals surface area (Å²) in [6.07, 6.45) is 2.10. The van der Waals surface area contributed by atoms with Crippen molar-refractivity contribution < 1.29 is 17.9 Å². The van der Waals surface area contributed by atoms with Crippen LogP contribution < -0.4 is 14.9 Å². The Morgan fingerprint density at radius 2 is 1.90 bits per heavy atom. The Morgan fingerprint density at radius 3 is 2.53 bits per heavy atom. The van der Waals surface area contributed by atoms with Crippen LogP contribution in [0.4, 0.5) is 10.1 Å². The SMILES string of the molecule is Cc1ccc(S(=O)(=O)NC(CC(C)C)C(=O)Nc2ncc(N3CCOCC3)s2)cc1. The van der Waals surface area contributed by atoms with Crippen LogP contribution in [0.25, 0.3) is 0 Å². The molecule has 1 saturated heterocycles. The van der Waals surface area contributed by atoms with E-state index >= 15 is 0 Å². The monoisotopic (exact) mass is 452 g/mol. The lowest BCUT2D eigenvalue weighted by Gasteiger charge is -2.26. The fourth-order valence-corrected chi connectivity index (χ4v) is 5.18. The number of hydrogen-bond donors (Lipinski definition) is 2. The maximum Gasteiger partial charge on any atom is 0.244 e. The number of anilines is 2. The van der Waals surface area contributed by atoms with E-state index in [2.05, 4.69) is 19.9 Å². The van der Waals surface area contributed by atoms with Crippen molar-refractivity contribution in [2.75, 3.05) is 36.5 Å². The normalized spacial score (nSPS) is 15.9. The van der Waals surface area contributed by atoms with Crippen LogP contribution in [0, 0.1) is 12.8 Å². The molecule has 10 heteroatoms. The van der Waals surface area contributed by atoms with Gasteiger partial charge in [-0.15, -0.1) is 0 Å². The number of rotatable bonds is 8. The van der Waals surface area contributed by atoms with Crippen LogP contribution in [0.2, 0.25) is 0 Å². The summed E-state index contributed by atoms with van der Waals surface area (Å²) in [7, 11) is -3.82. The summed E-state index contributed by atoms with van der Waals surface area (Å²) < 4.78 is 33.5. The average Bonchev–Trinajstić information content (AvgIpc) is 3.16. The highest BCUT2D eigenvalue weighted by Gasteiger charge is 2.27. The van der Waals surface area contributed by atoms with Crippen LogP contribution >= 0.6 is 11.3 Å². The third kappa shape index (κ3) is 6.00. The van der Waals surface area contributed by atoms with Gasteiger partial charge in [-0.25, -0.2) is 13.4 Å². The van der Waals surface area contributed by atoms with E-state index in [0.717, 1.165) is 23.7 Å². The summed E-state index contributed by atoms with van der Waals surface area (Å²) >= 11 is 1.37. The van der Waals surface area contributed by atoms with Gasteiger partial charge in [0.2, 0.25) is 15.9 Å². The molecule has 8 nitrogen and oxygen atoms in total. The second-order valence-electron chi connectivity index (χ2n) is 7.71. The highest BCUT2D eigenvalue weighted by molar-refractivity contribution is 7.89. The predicted octanol–water partition coefficient (Wildman–Crippen LogP) is 2.62. The molecule has 1 aromatic carbocycles. The highest BCUT2D eigenvalue weighted by atomic mass is 32.2. The number of amides is 1. The average molecular weight is 453 g/mol. The Balaban J connectivity index is 1.71. The number of hydrogen-bond acceptors (Lipinski definition) is 7. The van der Waals surface area contributed by atoms with Gasteiger partial charge < -0.3 is 15.0 Å². The van der Waals surface area contributed by atoms with E-state index in [9.17, 15) is 13.2 Å². The van der Waals surface area contributed by atoms with Gasteiger partial charge in [0.25, 0.3) is 0 Å². The van der Waals surface area contributed by atoms with Crippen LogP contribution in [0.3, 0.4) is 0 Å². The molecule has 0 aliphatic carbocycles. The minimum absolute atomic E-state index is 0.127. The first-order valence-electron chi connectivity index (χ1n) is 9.93. The number of benzene rings is 1. The zero-order chi connectivity index (χ0) is 21.7. The molecule has 2 aromatic rings. The van der Waals surface area contributed by atoms with Crippen molar-refractivity contribution in [3.63, 3.8) is 0 Å². The van der Waals surface area contributed by atoms with E-state index in [1.807, 2.05) is 20.8 Å². The lowest BCUT2D eigenvalue weighted by atomic mass is 10.0. The van der Waals surface area contributed by atoms with Gasteiger partial charge in [-0.1, -0.05) is 42.9 Å². The molecule has 1 atom stereocenters. The first-order chi connectivity index (χ1) is 14.2. The molecule has 0 bridgehead atoms. The number of morpholine rings is 1. The first-order valence-corrected chi connectivity index (χ1v) is 12.2. The molecule has 30 heavy (non-hydrogen) atoms. The third-order valence-electron chi connectivity index (χ3n) is 4.70. The van der Waals surface area contributed by atoms with E-state index in [0.29, 0.717) is 24.8 Å². The van der Waals surface area contributed by atoms with Crippen molar-refractivity contribution in [3.8, 4) is 0 Å². The molecule has 0 spiro atoms. The van der Waals surface area contributed by atoms with Crippen molar-refractivity contribution >= 4 is 37.4 Å². The van der Waals surface area contributed by atoms with E-state index < -0.39 is 22.0 Å². The molecule has 1 amide bonds. The van der Waals surface area contributed by atoms with Gasteiger partial charge in [-0.3, -0.25) is 4.79 Å². The number of carbonyl (C=O) groups is 1. The topological polar surface area (TPSA) is 101 Å². The number of aromatic nitrogens is 1. The Hall–Kier alpha value is -2.01. The molecule has 1 aliphatic heterocycles. The zero-order valence-electron chi connectivity index (χ0n) is 17.4. The number of thiazole rings is 1. The molecule has 2 heterocycles. The fraction of sp³-hybridized carbons (Fsp3) is 0.500. The number of ether oxygens (including phenoxy) is 1. The Kier molecular flexibility index (Phi) is 7.45. The lowest BCUT2D eigenvalue weighted by molar-refractivity contribution is -0.118. The van der Waals surface area contributed by atoms with Crippen LogP contribution in [0.5, 0.6) is 0 Å². The van der Waals surface area contributed by atoms with E-state index in [-0.39, 0.29) is 10.8 Å². The lowest BCUT2D eigenvalue weighted by Crippen LogP contribution is -2.44. The quantitative estimate of drug-likeness (QED) is 0.639. The molecule has 1 aromatic heterocycles. The molecule has 1 fully saturated rings. The second-order valence-corrected chi connectivity index (χ2v) is 10.4. The minimum Gasteiger partial charge on any atom is -0.378 e. The molecule has 2 N–H and O–H groups in total. The minimum atomic E-state index is -3.82. The van der Waals surface area contributed by atoms with Crippen LogP contribution in [-0.2, 0) is 19.6 Å². The number of carbonyl (C=O) groups excluding carboxylic acids is 1. The van der Waals surface area contributed by atoms with Crippen molar-refractivity contribution in [1.29, 1.82) is 0 Å². The van der Waals surface area contributed by atoms with Gasteiger partial charge >= 0.3 is 0 Å². The van der Waals surface area contributed by atoms with Gasteiger partial charge in [-0.05, 0) is 31.4 Å². The van der Waals surface area contributed by atoms with Crippen LogP contribution in [-0.4, -0.2) is 51.7 Å². The summed E-state index contributed by atoms with van der Waals surface area (Å²) in [5, 5.41) is 4.18. The molecule has 0 saturated carbocycles. The largest absolute Gasteiger partial charge is 0.378 e. The van der Waals surface area contributed by atoms with Gasteiger partial charge in [0, 0.05) is 13.1 Å². The third-order valence-corrected chi connectivity index (χ3v) is 7.16. The van der Waals surface area contributed by atoms with E-state index in [4.69, 9.17) is 4.74 Å². The van der Waals surface area contributed by atoms with Crippen LogP contribution in [0.1, 0.15) is 25.8 Å². The van der Waals surface area contributed by atoms with Gasteiger partial charge in [-0.2, -0.15) is 4.72 Å². The Morgan fingerprint density at radius 1 is 1.23 bits per heavy atom. The van der Waals surface area contributed by atoms with Gasteiger partial charge in [0.1, 0.15) is 11.0 Å². The van der Waals surface area contributed by atoms with E-state index in [1.54, 1.807) is 18.3 Å². The summed E-state index contributed by atoms with van der Waals surface area (Å²) in [6.45, 7) is 8.66. The maximum absolute atomic E-state index is 12.9. The van der Waals surface area contributed by atoms with Crippen LogP contribution in [0.15, 0.2) is 35.4 Å². The second kappa shape index (κ2) is 9.86. The number of nitrogens with zero attached hydrogens (tertiary/aromatic N) is 2. The van der Waals surface area contributed by atoms with Gasteiger partial charge in [0.15, 0.2) is 5.13 Å². The Labute approximate surface area is 181 Å². The maximum atomic E-state index is 12.9. The number of sulfonamides is 1. The molecule has 0 radical (unpaired) electrons. The van der Waals surface area contributed by atoms with E-state index in [1.165, 1.54) is 23.5 Å². The molecule has 1 unspecified atom stereocenters. The summed E-state index contributed by atoms with van der Waals surface area (Å²) in [5.41, 5.74) is 0.963. The summed E-state index contributed by atoms with van der Waals surface area (Å²) in [6, 6.07) is 5.64. The molecular weight excluding hydrogens is 424 g/mol. The smallest absolute Gasteiger partial charge is 0.244 e. The highest BCUT2D eigenvalue weighted by Crippen LogP contribution is 2.28. The summed E-state index contributed by atoms with van der Waals surface area (Å²) in [5.74, 6) is -0.288. The predicted molar refractivity (Wildman–Crippen MR) is 119 cm³/mol. The first kappa shape index (κ1) is 22.7. The Bertz CT molecular complexity index is 951. The molecule has 164 valence electrons. The number of aryl methyl sites for hydroxylation is 1. The van der Waals surface area contributed by atoms with Crippen molar-refractivity contribution in [2.24, 2.45) is 5.92 Å². The number of nitrogens with one attached hydrogen (secondary N) is 2. The summed E-state index contributed by atoms with van der Waals surface area (Å²) in [4.78, 5) is 19.5. The van der Waals surface area contributed by atoms with Crippen molar-refractivity contribution in [1.82, 2.24) is 9.71 Å². The van der Waals surface area contributed by atoms with Crippen molar-refractivity contribution in [2.45, 2.75) is 38.1 Å². The zero-order valence-corrected chi connectivity index (χ0v) is 19.1. The fourth-order valence-electron chi connectivity index (χ4n) is 3.10. The molecular formula is C20H28N4O4S2. The standard InChI is InChI=1S/C20H28N4O4S2/c1-14(2)12-17(23-30(26,27)16-6-4-15(3)5-7-16)19(25)22-20-21-13-18(29-20)24-8-10-28-11-9-24/h4-7,13-14,17,23H,8-12H2,1-3H3,(H,21,22,25).